The highest BCUT2D eigenvalue weighted by Crippen LogP contribution is 2.32. The molecule has 1 nitrogen and oxygen atoms in total. The van der Waals surface area contributed by atoms with Crippen molar-refractivity contribution < 1.29 is 4.79 Å². The van der Waals surface area contributed by atoms with Gasteiger partial charge in [0, 0.05) is 0 Å². The summed E-state index contributed by atoms with van der Waals surface area (Å²) in [5.41, 5.74) is 0.309. The number of carbonyl (C=O) groups is 1. The van der Waals surface area contributed by atoms with Crippen molar-refractivity contribution in [2.24, 2.45) is 5.92 Å². The van der Waals surface area contributed by atoms with Gasteiger partial charge >= 0.3 is 0 Å². The minimum absolute atomic E-state index is 0.145. The fourth-order valence-corrected chi connectivity index (χ4v) is 3.14. The monoisotopic (exact) mass is 240 g/mol. The highest BCUT2D eigenvalue weighted by molar-refractivity contribution is 7.60. The van der Waals surface area contributed by atoms with Gasteiger partial charge in [0.25, 0.3) is 0 Å². The molecular weight excluding hydrogens is 215 g/mol. The summed E-state index contributed by atoms with van der Waals surface area (Å²) >= 11 is 0. The molecule has 92 valence electrons. The van der Waals surface area contributed by atoms with E-state index < -0.39 is 0 Å². The molecule has 1 saturated carbocycles. The smallest absolute Gasteiger partial charge is 0.174 e. The molecule has 1 fully saturated rings. The van der Waals surface area contributed by atoms with Crippen molar-refractivity contribution in [1.29, 1.82) is 0 Å². The predicted octanol–water partition coefficient (Wildman–Crippen LogP) is 4.52. The third-order valence-electron chi connectivity index (χ3n) is 2.96. The van der Waals surface area contributed by atoms with Gasteiger partial charge in [-0.15, -0.1) is 0 Å². The Kier molecular flexibility index (Phi) is 5.69. The van der Waals surface area contributed by atoms with Crippen molar-refractivity contribution >= 4 is 14.1 Å². The summed E-state index contributed by atoms with van der Waals surface area (Å²) in [6.07, 6.45) is 11.9. The van der Waals surface area contributed by atoms with Crippen LogP contribution in [0.1, 0.15) is 59.3 Å². The summed E-state index contributed by atoms with van der Waals surface area (Å²) in [6.45, 7) is 6.37. The summed E-state index contributed by atoms with van der Waals surface area (Å²) in [6, 6.07) is 0. The van der Waals surface area contributed by atoms with E-state index in [1.54, 1.807) is 0 Å². The van der Waals surface area contributed by atoms with Crippen LogP contribution in [0.25, 0.3) is 0 Å². The van der Waals surface area contributed by atoms with Gasteiger partial charge in [0.2, 0.25) is 0 Å². The van der Waals surface area contributed by atoms with E-state index in [0.29, 0.717) is 14.1 Å². The van der Waals surface area contributed by atoms with Gasteiger partial charge in [0.05, 0.1) is 0 Å². The van der Waals surface area contributed by atoms with E-state index >= 15 is 0 Å². The minimum Gasteiger partial charge on any atom is -0.290 e. The number of rotatable bonds is 4. The Hall–Kier alpha value is -0.160. The summed E-state index contributed by atoms with van der Waals surface area (Å²) < 4.78 is 0. The highest BCUT2D eigenvalue weighted by Gasteiger charge is 2.14. The first-order chi connectivity index (χ1) is 7.47. The van der Waals surface area contributed by atoms with Crippen molar-refractivity contribution in [3.05, 3.63) is 12.2 Å². The van der Waals surface area contributed by atoms with E-state index in [0.717, 1.165) is 12.3 Å². The second-order valence-electron chi connectivity index (χ2n) is 5.88. The molecule has 0 spiro atoms. The lowest BCUT2D eigenvalue weighted by atomic mass is 9.87. The summed E-state index contributed by atoms with van der Waals surface area (Å²) in [7, 11) is 0.409. The Morgan fingerprint density at radius 2 is 1.88 bits per heavy atom. The van der Waals surface area contributed by atoms with Crippen LogP contribution in [0.15, 0.2) is 12.2 Å². The zero-order valence-corrected chi connectivity index (χ0v) is 11.9. The van der Waals surface area contributed by atoms with Crippen LogP contribution in [0.4, 0.5) is 0 Å². The summed E-state index contributed by atoms with van der Waals surface area (Å²) in [4.78, 5) is 11.6. The number of hydrogen-bond donors (Lipinski definition) is 0. The molecule has 1 aliphatic rings. The minimum atomic E-state index is 0.145. The molecule has 0 heterocycles. The highest BCUT2D eigenvalue weighted by atomic mass is 31.1. The van der Waals surface area contributed by atoms with Crippen LogP contribution in [0, 0.1) is 5.92 Å². The topological polar surface area (TPSA) is 17.1 Å². The normalized spacial score (nSPS) is 19.9. The zero-order chi connectivity index (χ0) is 12.0. The van der Waals surface area contributed by atoms with Crippen molar-refractivity contribution in [3.63, 3.8) is 0 Å². The first-order valence-corrected chi connectivity index (χ1v) is 7.46. The lowest BCUT2D eigenvalue weighted by Crippen LogP contribution is -2.08. The molecule has 1 aliphatic carbocycles. The van der Waals surface area contributed by atoms with Crippen LogP contribution in [-0.4, -0.2) is 10.7 Å². The van der Waals surface area contributed by atoms with Crippen LogP contribution in [0.3, 0.4) is 0 Å². The molecular formula is C14H25OP. The molecule has 0 radical (unpaired) electrons. The standard InChI is InChI=1S/C14H25OP/c1-14(2,3)16-13(15)11-7-10-12-8-5-4-6-9-12/h7,11-12,16H,4-6,8-10H2,1-3H3/b11-7+. The molecule has 1 unspecified atom stereocenters. The van der Waals surface area contributed by atoms with Gasteiger partial charge < -0.3 is 0 Å². The molecule has 0 bridgehead atoms. The molecule has 0 amide bonds. The maximum absolute atomic E-state index is 11.6. The Balaban J connectivity index is 2.22. The SMILES string of the molecule is CC(C)(C)PC(=O)/C=C/CC1CCCCC1. The third-order valence-corrected chi connectivity index (χ3v) is 4.12. The molecule has 16 heavy (non-hydrogen) atoms. The van der Waals surface area contributed by atoms with Crippen molar-refractivity contribution in [3.8, 4) is 0 Å². The average Bonchev–Trinajstić information content (AvgIpc) is 2.16. The van der Waals surface area contributed by atoms with E-state index in [2.05, 4.69) is 26.8 Å². The van der Waals surface area contributed by atoms with Crippen LogP contribution < -0.4 is 0 Å². The van der Waals surface area contributed by atoms with Crippen LogP contribution in [0.5, 0.6) is 0 Å². The van der Waals surface area contributed by atoms with Crippen LogP contribution in [-0.2, 0) is 4.79 Å². The van der Waals surface area contributed by atoms with Gasteiger partial charge in [-0.2, -0.15) is 0 Å². The van der Waals surface area contributed by atoms with E-state index in [4.69, 9.17) is 0 Å². The lowest BCUT2D eigenvalue weighted by Gasteiger charge is -2.19. The van der Waals surface area contributed by atoms with E-state index in [1.807, 2.05) is 6.08 Å². The Bertz CT molecular complexity index is 244. The number of carbonyl (C=O) groups excluding carboxylic acids is 1. The van der Waals surface area contributed by atoms with Crippen molar-refractivity contribution in [2.45, 2.75) is 64.5 Å². The van der Waals surface area contributed by atoms with E-state index in [9.17, 15) is 4.79 Å². The second-order valence-corrected chi connectivity index (χ2v) is 8.12. The fraction of sp³-hybridized carbons (Fsp3) is 0.786. The van der Waals surface area contributed by atoms with Gasteiger partial charge in [-0.25, -0.2) is 0 Å². The van der Waals surface area contributed by atoms with E-state index in [1.165, 1.54) is 32.1 Å². The molecule has 1 atom stereocenters. The summed E-state index contributed by atoms with van der Waals surface area (Å²) in [5.74, 6) is 0.843. The predicted molar refractivity (Wildman–Crippen MR) is 73.4 cm³/mol. The Morgan fingerprint density at radius 1 is 1.25 bits per heavy atom. The maximum Gasteiger partial charge on any atom is 0.174 e. The van der Waals surface area contributed by atoms with Crippen molar-refractivity contribution in [2.75, 3.05) is 0 Å². The van der Waals surface area contributed by atoms with Gasteiger partial charge in [-0.05, 0) is 32.2 Å². The van der Waals surface area contributed by atoms with Crippen LogP contribution in [0.2, 0.25) is 0 Å². The molecule has 0 aromatic rings. The van der Waals surface area contributed by atoms with Gasteiger partial charge in [0.15, 0.2) is 5.52 Å². The molecule has 1 rings (SSSR count). The Morgan fingerprint density at radius 3 is 2.44 bits per heavy atom. The Labute approximate surface area is 102 Å². The van der Waals surface area contributed by atoms with Crippen molar-refractivity contribution in [1.82, 2.24) is 0 Å². The first-order valence-electron chi connectivity index (χ1n) is 6.46. The lowest BCUT2D eigenvalue weighted by molar-refractivity contribution is -0.107. The van der Waals surface area contributed by atoms with Gasteiger partial charge in [-0.3, -0.25) is 4.79 Å². The quantitative estimate of drug-likeness (QED) is 0.521. The fourth-order valence-electron chi connectivity index (χ4n) is 2.20. The molecule has 0 aromatic heterocycles. The number of hydrogen-bond acceptors (Lipinski definition) is 1. The number of allylic oxidation sites excluding steroid dienone is 2. The molecule has 0 aliphatic heterocycles. The summed E-state index contributed by atoms with van der Waals surface area (Å²) in [5, 5.41) is 0.145. The average molecular weight is 240 g/mol. The molecule has 0 aromatic carbocycles. The molecule has 2 heteroatoms. The first kappa shape index (κ1) is 13.9. The van der Waals surface area contributed by atoms with Gasteiger partial charge in [0.1, 0.15) is 0 Å². The zero-order valence-electron chi connectivity index (χ0n) is 10.9. The van der Waals surface area contributed by atoms with E-state index in [-0.39, 0.29) is 5.16 Å². The molecule has 0 N–H and O–H groups in total. The van der Waals surface area contributed by atoms with Gasteiger partial charge in [-0.1, -0.05) is 59.0 Å². The largest absolute Gasteiger partial charge is 0.290 e. The third kappa shape index (κ3) is 6.43. The van der Waals surface area contributed by atoms with Crippen LogP contribution >= 0.6 is 8.58 Å². The maximum atomic E-state index is 11.6. The molecule has 0 saturated heterocycles. The second kappa shape index (κ2) is 6.55.